The summed E-state index contributed by atoms with van der Waals surface area (Å²) in [5.41, 5.74) is -0.458. The maximum absolute atomic E-state index is 11.5. The molecule has 0 spiro atoms. The first-order valence-electron chi connectivity index (χ1n) is 6.28. The third-order valence-electron chi connectivity index (χ3n) is 3.02. The van der Waals surface area contributed by atoms with Gasteiger partial charge in [-0.25, -0.2) is 4.79 Å². The quantitative estimate of drug-likeness (QED) is 0.808. The summed E-state index contributed by atoms with van der Waals surface area (Å²) >= 11 is 0. The Morgan fingerprint density at radius 3 is 2.06 bits per heavy atom. The highest BCUT2D eigenvalue weighted by molar-refractivity contribution is 5.78. The zero-order valence-corrected chi connectivity index (χ0v) is 11.2. The van der Waals surface area contributed by atoms with Crippen molar-refractivity contribution in [2.45, 2.75) is 65.0 Å². The van der Waals surface area contributed by atoms with Gasteiger partial charge in [0.1, 0.15) is 11.4 Å². The molecular formula is C13H23NO3. The van der Waals surface area contributed by atoms with Crippen molar-refractivity contribution < 1.29 is 14.3 Å². The smallest absolute Gasteiger partial charge is 0.407 e. The largest absolute Gasteiger partial charge is 0.444 e. The molecule has 4 nitrogen and oxygen atoms in total. The van der Waals surface area contributed by atoms with Crippen LogP contribution in [0.4, 0.5) is 4.79 Å². The summed E-state index contributed by atoms with van der Waals surface area (Å²) in [6, 6.07) is 0.153. The third-order valence-corrected chi connectivity index (χ3v) is 3.02. The van der Waals surface area contributed by atoms with E-state index < -0.39 is 5.60 Å². The van der Waals surface area contributed by atoms with Crippen LogP contribution in [-0.4, -0.2) is 23.5 Å². The number of amides is 1. The molecule has 1 aliphatic rings. The Morgan fingerprint density at radius 1 is 1.12 bits per heavy atom. The zero-order chi connectivity index (χ0) is 13.1. The number of ether oxygens (including phenoxy) is 1. The Hall–Kier alpha value is -1.06. The molecule has 0 radical (unpaired) electrons. The van der Waals surface area contributed by atoms with Gasteiger partial charge in [-0.05, 0) is 53.4 Å². The lowest BCUT2D eigenvalue weighted by molar-refractivity contribution is -0.121. The van der Waals surface area contributed by atoms with E-state index in [4.69, 9.17) is 4.74 Å². The van der Waals surface area contributed by atoms with Gasteiger partial charge in [0.2, 0.25) is 0 Å². The predicted octanol–water partition coefficient (Wildman–Crippen LogP) is 2.66. The van der Waals surface area contributed by atoms with E-state index >= 15 is 0 Å². The number of carbonyl (C=O) groups is 2. The first kappa shape index (κ1) is 14.0. The molecule has 0 bridgehead atoms. The van der Waals surface area contributed by atoms with Gasteiger partial charge < -0.3 is 10.1 Å². The molecule has 1 rings (SSSR count). The number of rotatable bonds is 2. The van der Waals surface area contributed by atoms with Crippen LogP contribution in [0.5, 0.6) is 0 Å². The molecule has 17 heavy (non-hydrogen) atoms. The van der Waals surface area contributed by atoms with E-state index in [1.165, 1.54) is 0 Å². The lowest BCUT2D eigenvalue weighted by Crippen LogP contribution is -2.41. The van der Waals surface area contributed by atoms with Crippen molar-refractivity contribution in [2.75, 3.05) is 0 Å². The first-order valence-corrected chi connectivity index (χ1v) is 6.28. The maximum Gasteiger partial charge on any atom is 0.407 e. The number of carbonyl (C=O) groups excluding carboxylic acids is 2. The number of ketones is 1. The molecule has 0 heterocycles. The molecule has 1 saturated carbocycles. The van der Waals surface area contributed by atoms with Crippen LogP contribution in [-0.2, 0) is 9.53 Å². The standard InChI is InChI=1S/C13H23NO3/c1-9(15)10-5-7-11(8-6-10)14-12(16)17-13(2,3)4/h10-11H,5-8H2,1-4H3,(H,14,16). The van der Waals surface area contributed by atoms with Crippen molar-refractivity contribution in [3.63, 3.8) is 0 Å². The number of Topliss-reactive ketones (excluding diaryl/α,β-unsaturated/α-hetero) is 1. The second-order valence-corrected chi connectivity index (χ2v) is 5.81. The summed E-state index contributed by atoms with van der Waals surface area (Å²) in [6.07, 6.45) is 3.11. The highest BCUT2D eigenvalue weighted by Gasteiger charge is 2.26. The van der Waals surface area contributed by atoms with Gasteiger partial charge in [0.15, 0.2) is 0 Å². The highest BCUT2D eigenvalue weighted by Crippen LogP contribution is 2.25. The molecule has 0 saturated heterocycles. The predicted molar refractivity (Wildman–Crippen MR) is 65.8 cm³/mol. The van der Waals surface area contributed by atoms with Crippen molar-refractivity contribution in [2.24, 2.45) is 5.92 Å². The topological polar surface area (TPSA) is 55.4 Å². The minimum absolute atomic E-state index is 0.153. The van der Waals surface area contributed by atoms with Gasteiger partial charge in [0.05, 0.1) is 0 Å². The Labute approximate surface area is 103 Å². The minimum atomic E-state index is -0.458. The average Bonchev–Trinajstić information content (AvgIpc) is 2.15. The number of nitrogens with one attached hydrogen (secondary N) is 1. The first-order chi connectivity index (χ1) is 7.78. The van der Waals surface area contributed by atoms with Crippen LogP contribution >= 0.6 is 0 Å². The molecular weight excluding hydrogens is 218 g/mol. The van der Waals surface area contributed by atoms with E-state index in [1.807, 2.05) is 20.8 Å². The number of alkyl carbamates (subject to hydrolysis) is 1. The summed E-state index contributed by atoms with van der Waals surface area (Å²) in [6.45, 7) is 7.18. The fraction of sp³-hybridized carbons (Fsp3) is 0.846. The van der Waals surface area contributed by atoms with E-state index in [9.17, 15) is 9.59 Å². The maximum atomic E-state index is 11.5. The van der Waals surface area contributed by atoms with Crippen molar-refractivity contribution in [3.05, 3.63) is 0 Å². The Bertz CT molecular complexity index is 286. The van der Waals surface area contributed by atoms with Gasteiger partial charge in [0, 0.05) is 12.0 Å². The molecule has 98 valence electrons. The van der Waals surface area contributed by atoms with Crippen LogP contribution in [0.25, 0.3) is 0 Å². The van der Waals surface area contributed by atoms with E-state index in [0.29, 0.717) is 0 Å². The number of hydrogen-bond acceptors (Lipinski definition) is 3. The molecule has 0 aromatic rings. The average molecular weight is 241 g/mol. The molecule has 1 amide bonds. The normalized spacial score (nSPS) is 25.2. The molecule has 0 aliphatic heterocycles. The second kappa shape index (κ2) is 5.52. The van der Waals surface area contributed by atoms with Gasteiger partial charge in [0.25, 0.3) is 0 Å². The Kier molecular flexibility index (Phi) is 4.54. The van der Waals surface area contributed by atoms with Crippen molar-refractivity contribution in [1.29, 1.82) is 0 Å². The van der Waals surface area contributed by atoms with Gasteiger partial charge in [-0.15, -0.1) is 0 Å². The third kappa shape index (κ3) is 5.20. The molecule has 0 aromatic carbocycles. The van der Waals surface area contributed by atoms with Crippen molar-refractivity contribution in [1.82, 2.24) is 5.32 Å². The monoisotopic (exact) mass is 241 g/mol. The molecule has 0 unspecified atom stereocenters. The van der Waals surface area contributed by atoms with Crippen LogP contribution < -0.4 is 5.32 Å². The zero-order valence-electron chi connectivity index (χ0n) is 11.2. The van der Waals surface area contributed by atoms with E-state index in [2.05, 4.69) is 5.32 Å². The fourth-order valence-electron chi connectivity index (χ4n) is 2.12. The summed E-state index contributed by atoms with van der Waals surface area (Å²) in [5.74, 6) is 0.451. The second-order valence-electron chi connectivity index (χ2n) is 5.81. The van der Waals surface area contributed by atoms with Crippen molar-refractivity contribution in [3.8, 4) is 0 Å². The van der Waals surface area contributed by atoms with Crippen LogP contribution in [0.2, 0.25) is 0 Å². The molecule has 1 N–H and O–H groups in total. The Balaban J connectivity index is 2.31. The van der Waals surface area contributed by atoms with Crippen molar-refractivity contribution >= 4 is 11.9 Å². The molecule has 0 aromatic heterocycles. The SMILES string of the molecule is CC(=O)C1CCC(NC(=O)OC(C)(C)C)CC1. The summed E-state index contributed by atoms with van der Waals surface area (Å²) < 4.78 is 5.20. The van der Waals surface area contributed by atoms with Gasteiger partial charge in [-0.3, -0.25) is 4.79 Å². The van der Waals surface area contributed by atoms with E-state index in [0.717, 1.165) is 25.7 Å². The van der Waals surface area contributed by atoms with Gasteiger partial charge >= 0.3 is 6.09 Å². The van der Waals surface area contributed by atoms with Gasteiger partial charge in [-0.1, -0.05) is 0 Å². The molecule has 1 fully saturated rings. The molecule has 1 aliphatic carbocycles. The van der Waals surface area contributed by atoms with Crippen LogP contribution in [0.15, 0.2) is 0 Å². The minimum Gasteiger partial charge on any atom is -0.444 e. The lowest BCUT2D eigenvalue weighted by atomic mass is 9.84. The Morgan fingerprint density at radius 2 is 1.65 bits per heavy atom. The van der Waals surface area contributed by atoms with Crippen LogP contribution in [0.1, 0.15) is 53.4 Å². The summed E-state index contributed by atoms with van der Waals surface area (Å²) in [4.78, 5) is 22.7. The van der Waals surface area contributed by atoms with E-state index in [1.54, 1.807) is 6.92 Å². The summed E-state index contributed by atoms with van der Waals surface area (Å²) in [5, 5.41) is 2.86. The van der Waals surface area contributed by atoms with Crippen LogP contribution in [0.3, 0.4) is 0 Å². The number of hydrogen-bond donors (Lipinski definition) is 1. The highest BCUT2D eigenvalue weighted by atomic mass is 16.6. The van der Waals surface area contributed by atoms with Crippen LogP contribution in [0, 0.1) is 5.92 Å². The fourth-order valence-corrected chi connectivity index (χ4v) is 2.12. The molecule has 4 heteroatoms. The van der Waals surface area contributed by atoms with E-state index in [-0.39, 0.29) is 23.8 Å². The van der Waals surface area contributed by atoms with Gasteiger partial charge in [-0.2, -0.15) is 0 Å². The summed E-state index contributed by atoms with van der Waals surface area (Å²) in [7, 11) is 0. The molecule has 0 atom stereocenters. The lowest BCUT2D eigenvalue weighted by Gasteiger charge is -2.28.